The lowest BCUT2D eigenvalue weighted by Crippen LogP contribution is -2.26. The molecule has 0 saturated heterocycles. The van der Waals surface area contributed by atoms with Gasteiger partial charge in [0.15, 0.2) is 11.5 Å². The van der Waals surface area contributed by atoms with Crippen LogP contribution in [0.1, 0.15) is 6.92 Å². The van der Waals surface area contributed by atoms with E-state index < -0.39 is 6.10 Å². The van der Waals surface area contributed by atoms with E-state index >= 15 is 0 Å². The number of aliphatic hydroxyl groups excluding tert-OH is 2. The zero-order chi connectivity index (χ0) is 18.8. The molecule has 0 spiro atoms. The molecule has 140 valence electrons. The van der Waals surface area contributed by atoms with Crippen molar-refractivity contribution in [1.82, 2.24) is 24.4 Å². The number of nitrogens with zero attached hydrogens (tertiary/aromatic N) is 4. The van der Waals surface area contributed by atoms with Gasteiger partial charge in [-0.2, -0.15) is 9.97 Å². The van der Waals surface area contributed by atoms with Gasteiger partial charge in [0.05, 0.1) is 19.3 Å². The minimum Gasteiger partial charge on any atom is -0.394 e. The number of hydrogen-bond acceptors (Lipinski definition) is 8. The van der Waals surface area contributed by atoms with Crippen molar-refractivity contribution in [2.45, 2.75) is 25.6 Å². The molecule has 1 aliphatic rings. The average Bonchev–Trinajstić information content (AvgIpc) is 2.92. The Morgan fingerprint density at radius 1 is 1.46 bits per heavy atom. The summed E-state index contributed by atoms with van der Waals surface area (Å²) in [7, 11) is 1.97. The summed E-state index contributed by atoms with van der Waals surface area (Å²) in [6.45, 7) is 2.09. The van der Waals surface area contributed by atoms with Crippen LogP contribution in [0, 0.1) is 0 Å². The number of imidazole rings is 1. The Kier molecular flexibility index (Phi) is 4.96. The first-order chi connectivity index (χ1) is 12.4. The van der Waals surface area contributed by atoms with Crippen molar-refractivity contribution < 1.29 is 10.2 Å². The molecule has 2 unspecified atom stereocenters. The van der Waals surface area contributed by atoms with E-state index in [1.54, 1.807) is 0 Å². The van der Waals surface area contributed by atoms with Gasteiger partial charge in [-0.25, -0.2) is 4.79 Å². The highest BCUT2D eigenvalue weighted by Crippen LogP contribution is 2.19. The fraction of sp³-hybridized carbons (Fsp3) is 0.438. The van der Waals surface area contributed by atoms with Crippen molar-refractivity contribution in [1.29, 1.82) is 0 Å². The molecule has 0 bridgehead atoms. The largest absolute Gasteiger partial charge is 0.394 e. The van der Waals surface area contributed by atoms with Gasteiger partial charge >= 0.3 is 5.69 Å². The zero-order valence-corrected chi connectivity index (χ0v) is 14.7. The molecule has 2 atom stereocenters. The minimum atomic E-state index is -0.945. The number of aromatic amines is 1. The Bertz CT molecular complexity index is 914. The van der Waals surface area contributed by atoms with Crippen LogP contribution in [0.5, 0.6) is 0 Å². The number of allylic oxidation sites excluding steroid dienone is 2. The highest BCUT2D eigenvalue weighted by atomic mass is 16.3. The van der Waals surface area contributed by atoms with Gasteiger partial charge in [-0.15, -0.1) is 0 Å². The number of hydrogen-bond donors (Lipinski definition) is 5. The highest BCUT2D eigenvalue weighted by molar-refractivity contribution is 5.82. The fourth-order valence-electron chi connectivity index (χ4n) is 2.65. The number of H-pyrrole nitrogens is 1. The first-order valence-electron chi connectivity index (χ1n) is 8.28. The lowest BCUT2D eigenvalue weighted by atomic mass is 10.1. The molecule has 10 nitrogen and oxygen atoms in total. The molecule has 26 heavy (non-hydrogen) atoms. The summed E-state index contributed by atoms with van der Waals surface area (Å²) in [5.74, 6) is 0.305. The van der Waals surface area contributed by atoms with E-state index in [0.29, 0.717) is 23.8 Å². The van der Waals surface area contributed by atoms with E-state index in [1.165, 1.54) is 4.57 Å². The summed E-state index contributed by atoms with van der Waals surface area (Å²) in [4.78, 5) is 25.5. The Morgan fingerprint density at radius 2 is 2.23 bits per heavy atom. The van der Waals surface area contributed by atoms with Crippen molar-refractivity contribution in [2.24, 2.45) is 0 Å². The van der Waals surface area contributed by atoms with Crippen LogP contribution in [-0.4, -0.2) is 67.0 Å². The molecule has 10 heteroatoms. The molecule has 0 fully saturated rings. The molecule has 2 aromatic rings. The SMILES string of the molecule is CC1C=CC(Cn2c(=O)[nH]c3c(N)nc(NCC(O)CO)nc32)=CN1C. The number of likely N-dealkylation sites (N-methyl/N-ethyl adjacent to an activating group) is 1. The number of aromatic nitrogens is 4. The summed E-state index contributed by atoms with van der Waals surface area (Å²) >= 11 is 0. The van der Waals surface area contributed by atoms with Gasteiger partial charge in [0, 0.05) is 25.8 Å². The summed E-state index contributed by atoms with van der Waals surface area (Å²) < 4.78 is 1.49. The quantitative estimate of drug-likeness (QED) is 0.451. The van der Waals surface area contributed by atoms with Crippen LogP contribution < -0.4 is 16.7 Å². The average molecular weight is 361 g/mol. The maximum Gasteiger partial charge on any atom is 0.328 e. The minimum absolute atomic E-state index is 0.0622. The number of rotatable bonds is 6. The smallest absolute Gasteiger partial charge is 0.328 e. The van der Waals surface area contributed by atoms with E-state index in [9.17, 15) is 9.90 Å². The van der Waals surface area contributed by atoms with Gasteiger partial charge < -0.3 is 31.1 Å². The van der Waals surface area contributed by atoms with Crippen molar-refractivity contribution in [2.75, 3.05) is 31.2 Å². The topological polar surface area (TPSA) is 145 Å². The predicted octanol–water partition coefficient (Wildman–Crippen LogP) is -0.759. The van der Waals surface area contributed by atoms with E-state index in [0.717, 1.165) is 5.57 Å². The molecule has 0 amide bonds. The van der Waals surface area contributed by atoms with E-state index in [1.807, 2.05) is 19.3 Å². The number of anilines is 2. The van der Waals surface area contributed by atoms with Crippen molar-refractivity contribution >= 4 is 22.9 Å². The third-order valence-electron chi connectivity index (χ3n) is 4.30. The van der Waals surface area contributed by atoms with Gasteiger partial charge in [0.25, 0.3) is 0 Å². The predicted molar refractivity (Wildman–Crippen MR) is 98.6 cm³/mol. The van der Waals surface area contributed by atoms with Gasteiger partial charge in [-0.05, 0) is 12.5 Å². The van der Waals surface area contributed by atoms with Crippen molar-refractivity contribution in [3.05, 3.63) is 34.4 Å². The Labute approximate surface area is 149 Å². The monoisotopic (exact) mass is 361 g/mol. The lowest BCUT2D eigenvalue weighted by molar-refractivity contribution is 0.105. The second kappa shape index (κ2) is 7.18. The Balaban J connectivity index is 1.94. The zero-order valence-electron chi connectivity index (χ0n) is 14.7. The number of nitrogen functional groups attached to an aromatic ring is 1. The number of aliphatic hydroxyl groups is 2. The Hall–Kier alpha value is -2.85. The third-order valence-corrected chi connectivity index (χ3v) is 4.30. The van der Waals surface area contributed by atoms with Gasteiger partial charge in [0.2, 0.25) is 5.95 Å². The summed E-state index contributed by atoms with van der Waals surface area (Å²) in [6.07, 6.45) is 5.08. The maximum absolute atomic E-state index is 12.4. The van der Waals surface area contributed by atoms with Crippen LogP contribution in [0.4, 0.5) is 11.8 Å². The van der Waals surface area contributed by atoms with Crippen molar-refractivity contribution in [3.8, 4) is 0 Å². The van der Waals surface area contributed by atoms with E-state index in [4.69, 9.17) is 10.8 Å². The van der Waals surface area contributed by atoms with Crippen LogP contribution in [-0.2, 0) is 6.54 Å². The number of nitrogens with two attached hydrogens (primary N) is 1. The molecule has 0 aliphatic carbocycles. The molecule has 6 N–H and O–H groups in total. The fourth-order valence-corrected chi connectivity index (χ4v) is 2.65. The summed E-state index contributed by atoms with van der Waals surface area (Å²) in [5, 5.41) is 21.1. The normalized spacial score (nSPS) is 18.2. The molecule has 0 saturated carbocycles. The van der Waals surface area contributed by atoms with Crippen LogP contribution in [0.2, 0.25) is 0 Å². The molecular formula is C16H23N7O3. The molecule has 0 radical (unpaired) electrons. The van der Waals surface area contributed by atoms with Gasteiger partial charge in [0.1, 0.15) is 5.52 Å². The second-order valence-electron chi connectivity index (χ2n) is 6.33. The first kappa shape index (κ1) is 18.0. The maximum atomic E-state index is 12.4. The Morgan fingerprint density at radius 3 is 2.92 bits per heavy atom. The molecule has 1 aliphatic heterocycles. The van der Waals surface area contributed by atoms with Crippen LogP contribution in [0.15, 0.2) is 28.7 Å². The van der Waals surface area contributed by atoms with Crippen molar-refractivity contribution in [3.63, 3.8) is 0 Å². The second-order valence-corrected chi connectivity index (χ2v) is 6.33. The lowest BCUT2D eigenvalue weighted by Gasteiger charge is -2.25. The van der Waals surface area contributed by atoms with Gasteiger partial charge in [-0.3, -0.25) is 4.57 Å². The van der Waals surface area contributed by atoms with Crippen LogP contribution >= 0.6 is 0 Å². The number of fused-ring (bicyclic) bond motifs is 1. The standard InChI is InChI=1S/C16H23N7O3/c1-9-3-4-10(6-22(9)2)7-23-14-12(19-16(23)26)13(17)20-15(21-14)18-5-11(25)8-24/h3-4,6,9,11,24-25H,5,7-8H2,1-2H3,(H,19,26)(H3,17,18,20,21). The molecule has 3 heterocycles. The molecule has 0 aromatic carbocycles. The van der Waals surface area contributed by atoms with Gasteiger partial charge in [-0.1, -0.05) is 12.2 Å². The van der Waals surface area contributed by atoms with Crippen LogP contribution in [0.3, 0.4) is 0 Å². The number of nitrogens with one attached hydrogen (secondary N) is 2. The molecule has 2 aromatic heterocycles. The molecular weight excluding hydrogens is 338 g/mol. The molecule has 3 rings (SSSR count). The highest BCUT2D eigenvalue weighted by Gasteiger charge is 2.16. The van der Waals surface area contributed by atoms with Crippen LogP contribution in [0.25, 0.3) is 11.2 Å². The summed E-state index contributed by atoms with van der Waals surface area (Å²) in [5.41, 5.74) is 7.29. The van der Waals surface area contributed by atoms with E-state index in [2.05, 4.69) is 38.2 Å². The first-order valence-corrected chi connectivity index (χ1v) is 8.28. The van der Waals surface area contributed by atoms with E-state index in [-0.39, 0.29) is 30.6 Å². The summed E-state index contributed by atoms with van der Waals surface area (Å²) in [6, 6.07) is 0.296. The third kappa shape index (κ3) is 3.55.